The van der Waals surface area contributed by atoms with E-state index in [2.05, 4.69) is 17.4 Å². The van der Waals surface area contributed by atoms with Gasteiger partial charge in [0.15, 0.2) is 0 Å². The average molecular weight is 311 g/mol. The van der Waals surface area contributed by atoms with Crippen molar-refractivity contribution in [1.29, 1.82) is 0 Å². The maximum absolute atomic E-state index is 11.9. The van der Waals surface area contributed by atoms with Crippen molar-refractivity contribution in [2.75, 3.05) is 5.32 Å². The third kappa shape index (κ3) is 5.94. The fourth-order valence-electron chi connectivity index (χ4n) is 2.39. The van der Waals surface area contributed by atoms with Gasteiger partial charge in [-0.25, -0.2) is 4.79 Å². The van der Waals surface area contributed by atoms with Crippen LogP contribution in [0.3, 0.4) is 0 Å². The molecule has 2 aromatic rings. The number of carbonyl (C=O) groups is 2. The van der Waals surface area contributed by atoms with E-state index in [1.807, 2.05) is 18.2 Å². The molecule has 120 valence electrons. The molecule has 0 spiro atoms. The van der Waals surface area contributed by atoms with Crippen molar-refractivity contribution in [3.63, 3.8) is 0 Å². The molecule has 0 bridgehead atoms. The minimum Gasteiger partial charge on any atom is -0.478 e. The monoisotopic (exact) mass is 311 g/mol. The van der Waals surface area contributed by atoms with Gasteiger partial charge in [-0.15, -0.1) is 0 Å². The summed E-state index contributed by atoms with van der Waals surface area (Å²) in [4.78, 5) is 22.8. The molecule has 2 aromatic carbocycles. The number of carbonyl (C=O) groups excluding carboxylic acids is 1. The third-order valence-electron chi connectivity index (χ3n) is 3.61. The number of amides is 1. The number of anilines is 1. The number of unbranched alkanes of at least 4 members (excludes halogenated alkanes) is 2. The minimum atomic E-state index is -0.998. The van der Waals surface area contributed by atoms with E-state index in [4.69, 9.17) is 5.11 Å². The Morgan fingerprint density at radius 2 is 1.70 bits per heavy atom. The summed E-state index contributed by atoms with van der Waals surface area (Å²) in [6.07, 6.45) is 4.37. The summed E-state index contributed by atoms with van der Waals surface area (Å²) in [5.74, 6) is -1.07. The molecular formula is C19H21NO3. The van der Waals surface area contributed by atoms with E-state index < -0.39 is 5.97 Å². The Bertz CT molecular complexity index is 653. The highest BCUT2D eigenvalue weighted by atomic mass is 16.4. The van der Waals surface area contributed by atoms with Crippen molar-refractivity contribution in [2.45, 2.75) is 32.1 Å². The fraction of sp³-hybridized carbons (Fsp3) is 0.263. The first-order valence-corrected chi connectivity index (χ1v) is 7.82. The SMILES string of the molecule is O=C(CCCCCc1ccccc1)Nc1cccc(C(=O)O)c1. The van der Waals surface area contributed by atoms with Crippen LogP contribution in [0.1, 0.15) is 41.6 Å². The zero-order valence-corrected chi connectivity index (χ0v) is 13.0. The van der Waals surface area contributed by atoms with Crippen LogP contribution >= 0.6 is 0 Å². The van der Waals surface area contributed by atoms with Gasteiger partial charge in [0.05, 0.1) is 5.56 Å². The quantitative estimate of drug-likeness (QED) is 0.720. The van der Waals surface area contributed by atoms with Crippen LogP contribution in [0.25, 0.3) is 0 Å². The molecule has 0 heterocycles. The summed E-state index contributed by atoms with van der Waals surface area (Å²) in [5, 5.41) is 11.7. The van der Waals surface area contributed by atoms with Gasteiger partial charge in [-0.3, -0.25) is 4.79 Å². The number of hydrogen-bond acceptors (Lipinski definition) is 2. The molecule has 23 heavy (non-hydrogen) atoms. The molecule has 0 aromatic heterocycles. The molecule has 0 saturated carbocycles. The Labute approximate surface area is 136 Å². The van der Waals surface area contributed by atoms with E-state index in [-0.39, 0.29) is 11.5 Å². The zero-order chi connectivity index (χ0) is 16.5. The molecule has 0 fully saturated rings. The third-order valence-corrected chi connectivity index (χ3v) is 3.61. The number of nitrogens with one attached hydrogen (secondary N) is 1. The van der Waals surface area contributed by atoms with Gasteiger partial charge in [0.1, 0.15) is 0 Å². The van der Waals surface area contributed by atoms with E-state index in [1.54, 1.807) is 12.1 Å². The number of benzene rings is 2. The van der Waals surface area contributed by atoms with Gasteiger partial charge in [0.25, 0.3) is 0 Å². The number of aryl methyl sites for hydroxylation is 1. The van der Waals surface area contributed by atoms with Crippen molar-refractivity contribution >= 4 is 17.6 Å². The molecule has 0 unspecified atom stereocenters. The first-order valence-electron chi connectivity index (χ1n) is 7.82. The largest absolute Gasteiger partial charge is 0.478 e. The number of carboxylic acids is 1. The van der Waals surface area contributed by atoms with Crippen LogP contribution in [-0.2, 0) is 11.2 Å². The lowest BCUT2D eigenvalue weighted by Gasteiger charge is -2.06. The Morgan fingerprint density at radius 1 is 0.913 bits per heavy atom. The predicted octanol–water partition coefficient (Wildman–Crippen LogP) is 4.13. The van der Waals surface area contributed by atoms with Gasteiger partial charge in [-0.1, -0.05) is 42.8 Å². The lowest BCUT2D eigenvalue weighted by molar-refractivity contribution is -0.116. The first kappa shape index (κ1) is 16.7. The highest BCUT2D eigenvalue weighted by molar-refractivity contribution is 5.93. The number of aromatic carboxylic acids is 1. The van der Waals surface area contributed by atoms with E-state index in [9.17, 15) is 9.59 Å². The van der Waals surface area contributed by atoms with Crippen molar-refractivity contribution in [3.05, 3.63) is 65.7 Å². The molecular weight excluding hydrogens is 290 g/mol. The van der Waals surface area contributed by atoms with Crippen LogP contribution in [0.15, 0.2) is 54.6 Å². The first-order chi connectivity index (χ1) is 11.1. The minimum absolute atomic E-state index is 0.0766. The summed E-state index contributed by atoms with van der Waals surface area (Å²) in [5.41, 5.74) is 2.02. The molecule has 4 heteroatoms. The zero-order valence-electron chi connectivity index (χ0n) is 13.0. The molecule has 0 aliphatic carbocycles. The Morgan fingerprint density at radius 3 is 2.43 bits per heavy atom. The molecule has 0 aliphatic heterocycles. The second kappa shape index (κ2) is 8.73. The standard InChI is InChI=1S/C19H21NO3/c21-18(20-17-12-7-11-16(14-17)19(22)23)13-6-2-5-10-15-8-3-1-4-9-15/h1,3-4,7-9,11-12,14H,2,5-6,10,13H2,(H,20,21)(H,22,23). The number of hydrogen-bond donors (Lipinski definition) is 2. The summed E-state index contributed by atoms with van der Waals surface area (Å²) in [6, 6.07) is 16.6. The summed E-state index contributed by atoms with van der Waals surface area (Å²) >= 11 is 0. The summed E-state index contributed by atoms with van der Waals surface area (Å²) < 4.78 is 0. The number of carboxylic acid groups (broad SMARTS) is 1. The Balaban J connectivity index is 1.67. The lowest BCUT2D eigenvalue weighted by atomic mass is 10.1. The topological polar surface area (TPSA) is 66.4 Å². The number of rotatable bonds is 8. The van der Waals surface area contributed by atoms with E-state index in [1.165, 1.54) is 17.7 Å². The van der Waals surface area contributed by atoms with Crippen LogP contribution in [0, 0.1) is 0 Å². The second-order valence-corrected chi connectivity index (χ2v) is 5.48. The Kier molecular flexibility index (Phi) is 6.36. The molecule has 0 radical (unpaired) electrons. The van der Waals surface area contributed by atoms with Crippen LogP contribution in [0.2, 0.25) is 0 Å². The molecule has 0 saturated heterocycles. The van der Waals surface area contributed by atoms with Crippen LogP contribution in [0.5, 0.6) is 0 Å². The smallest absolute Gasteiger partial charge is 0.335 e. The van der Waals surface area contributed by atoms with Crippen molar-refractivity contribution in [1.82, 2.24) is 0 Å². The van der Waals surface area contributed by atoms with Gasteiger partial charge in [-0.2, -0.15) is 0 Å². The van der Waals surface area contributed by atoms with Crippen molar-refractivity contribution < 1.29 is 14.7 Å². The predicted molar refractivity (Wildman–Crippen MR) is 90.6 cm³/mol. The highest BCUT2D eigenvalue weighted by Crippen LogP contribution is 2.12. The Hall–Kier alpha value is -2.62. The summed E-state index contributed by atoms with van der Waals surface area (Å²) in [6.45, 7) is 0. The molecule has 0 aliphatic rings. The van der Waals surface area contributed by atoms with Gasteiger partial charge in [0.2, 0.25) is 5.91 Å². The van der Waals surface area contributed by atoms with E-state index in [0.717, 1.165) is 25.7 Å². The van der Waals surface area contributed by atoms with Gasteiger partial charge < -0.3 is 10.4 Å². The average Bonchev–Trinajstić information content (AvgIpc) is 2.55. The molecule has 4 nitrogen and oxygen atoms in total. The van der Waals surface area contributed by atoms with Crippen LogP contribution in [-0.4, -0.2) is 17.0 Å². The second-order valence-electron chi connectivity index (χ2n) is 5.48. The van der Waals surface area contributed by atoms with Crippen molar-refractivity contribution in [3.8, 4) is 0 Å². The van der Waals surface area contributed by atoms with Gasteiger partial charge in [0, 0.05) is 12.1 Å². The highest BCUT2D eigenvalue weighted by Gasteiger charge is 2.06. The maximum Gasteiger partial charge on any atom is 0.335 e. The molecule has 1 amide bonds. The van der Waals surface area contributed by atoms with E-state index in [0.29, 0.717) is 12.1 Å². The molecule has 0 atom stereocenters. The lowest BCUT2D eigenvalue weighted by Crippen LogP contribution is -2.11. The summed E-state index contributed by atoms with van der Waals surface area (Å²) in [7, 11) is 0. The fourth-order valence-corrected chi connectivity index (χ4v) is 2.39. The van der Waals surface area contributed by atoms with Crippen molar-refractivity contribution in [2.24, 2.45) is 0 Å². The maximum atomic E-state index is 11.9. The normalized spacial score (nSPS) is 10.3. The van der Waals surface area contributed by atoms with E-state index >= 15 is 0 Å². The van der Waals surface area contributed by atoms with Crippen LogP contribution < -0.4 is 5.32 Å². The van der Waals surface area contributed by atoms with Crippen LogP contribution in [0.4, 0.5) is 5.69 Å². The van der Waals surface area contributed by atoms with Gasteiger partial charge >= 0.3 is 5.97 Å². The molecule has 2 N–H and O–H groups in total. The molecule has 2 rings (SSSR count). The van der Waals surface area contributed by atoms with Gasteiger partial charge in [-0.05, 0) is 43.0 Å².